The Bertz CT molecular complexity index is 1430. The summed E-state index contributed by atoms with van der Waals surface area (Å²) in [7, 11) is 3.20. The van der Waals surface area contributed by atoms with Crippen molar-refractivity contribution in [1.29, 1.82) is 0 Å². The topological polar surface area (TPSA) is 98.6 Å². The van der Waals surface area contributed by atoms with Gasteiger partial charge in [0, 0.05) is 47.2 Å². The molecule has 3 aromatic rings. The maximum Gasteiger partial charge on any atom is 0.252 e. The number of nitrogens with zero attached hydrogens (tertiary/aromatic N) is 1. The van der Waals surface area contributed by atoms with Crippen LogP contribution < -0.4 is 19.5 Å². The number of aliphatic hydroxyl groups is 1. The van der Waals surface area contributed by atoms with Crippen LogP contribution in [0.1, 0.15) is 35.6 Å². The molecule has 0 saturated heterocycles. The average molecular weight is 614 g/mol. The summed E-state index contributed by atoms with van der Waals surface area (Å²) in [5.74, 6) is 2.00. The summed E-state index contributed by atoms with van der Waals surface area (Å²) in [5.41, 5.74) is 0.749. The van der Waals surface area contributed by atoms with Crippen molar-refractivity contribution >= 4 is 35.0 Å². The van der Waals surface area contributed by atoms with Crippen LogP contribution in [0.4, 0.5) is 0 Å². The van der Waals surface area contributed by atoms with Gasteiger partial charge in [0.2, 0.25) is 5.90 Å². The summed E-state index contributed by atoms with van der Waals surface area (Å²) in [6.45, 7) is 4.67. The molecule has 10 heteroatoms. The molecule has 1 aliphatic heterocycles. The number of aliphatic imine (C=N–C) groups is 1. The third-order valence-electron chi connectivity index (χ3n) is 6.90. The highest BCUT2D eigenvalue weighted by Gasteiger charge is 2.53. The Kier molecular flexibility index (Phi) is 10.7. The molecule has 0 bridgehead atoms. The van der Waals surface area contributed by atoms with Crippen molar-refractivity contribution in [3.8, 4) is 17.2 Å². The fourth-order valence-electron chi connectivity index (χ4n) is 4.77. The number of hydrogen-bond acceptors (Lipinski definition) is 7. The van der Waals surface area contributed by atoms with Crippen LogP contribution in [0.2, 0.25) is 10.0 Å². The van der Waals surface area contributed by atoms with Gasteiger partial charge in [-0.1, -0.05) is 35.3 Å². The first-order valence-corrected chi connectivity index (χ1v) is 14.3. The van der Waals surface area contributed by atoms with Crippen molar-refractivity contribution in [2.24, 2.45) is 4.99 Å². The largest absolute Gasteiger partial charge is 0.497 e. The first-order chi connectivity index (χ1) is 20.3. The van der Waals surface area contributed by atoms with E-state index in [1.54, 1.807) is 50.6 Å². The quantitative estimate of drug-likeness (QED) is 0.172. The maximum atomic E-state index is 14.1. The Morgan fingerprint density at radius 3 is 2.52 bits per heavy atom. The van der Waals surface area contributed by atoms with Gasteiger partial charge in [-0.15, -0.1) is 6.58 Å². The van der Waals surface area contributed by atoms with E-state index in [1.807, 2.05) is 30.3 Å². The summed E-state index contributed by atoms with van der Waals surface area (Å²) in [6.07, 6.45) is 2.02. The zero-order chi connectivity index (χ0) is 30.1. The van der Waals surface area contributed by atoms with Crippen LogP contribution in [0, 0.1) is 0 Å². The molecular weight excluding hydrogens is 579 g/mol. The van der Waals surface area contributed by atoms with E-state index in [9.17, 15) is 4.79 Å². The van der Waals surface area contributed by atoms with Gasteiger partial charge < -0.3 is 29.4 Å². The summed E-state index contributed by atoms with van der Waals surface area (Å²) < 4.78 is 22.9. The highest BCUT2D eigenvalue weighted by atomic mass is 35.5. The van der Waals surface area contributed by atoms with Crippen molar-refractivity contribution in [2.75, 3.05) is 34.0 Å². The lowest BCUT2D eigenvalue weighted by Gasteiger charge is -2.30. The van der Waals surface area contributed by atoms with E-state index in [-0.39, 0.29) is 18.9 Å². The Balaban J connectivity index is 1.65. The van der Waals surface area contributed by atoms with Crippen LogP contribution in [0.3, 0.4) is 0 Å². The monoisotopic (exact) mass is 612 g/mol. The zero-order valence-electron chi connectivity index (χ0n) is 23.6. The normalized spacial score (nSPS) is 17.6. The molecular formula is C32H34Cl2N2O6. The Hall–Kier alpha value is -3.72. The Labute approximate surface area is 255 Å². The van der Waals surface area contributed by atoms with E-state index in [2.05, 4.69) is 11.9 Å². The third-order valence-corrected chi connectivity index (χ3v) is 7.46. The predicted molar refractivity (Wildman–Crippen MR) is 164 cm³/mol. The van der Waals surface area contributed by atoms with Crippen LogP contribution in [-0.2, 0) is 16.0 Å². The molecule has 3 aromatic carbocycles. The van der Waals surface area contributed by atoms with E-state index in [1.165, 1.54) is 0 Å². The number of methoxy groups -OCH3 is 2. The molecule has 222 valence electrons. The predicted octanol–water partition coefficient (Wildman–Crippen LogP) is 5.96. The highest BCUT2D eigenvalue weighted by molar-refractivity contribution is 6.35. The number of ether oxygens (including phenoxy) is 4. The second-order valence-electron chi connectivity index (χ2n) is 9.63. The van der Waals surface area contributed by atoms with E-state index in [0.29, 0.717) is 70.3 Å². The maximum absolute atomic E-state index is 14.1. The molecule has 0 fully saturated rings. The summed E-state index contributed by atoms with van der Waals surface area (Å²) >= 11 is 12.8. The van der Waals surface area contributed by atoms with E-state index in [4.69, 9.17) is 52.2 Å². The molecule has 4 rings (SSSR count). The smallest absolute Gasteiger partial charge is 0.252 e. The van der Waals surface area contributed by atoms with Gasteiger partial charge in [0.25, 0.3) is 5.91 Å². The van der Waals surface area contributed by atoms with Crippen molar-refractivity contribution in [1.82, 2.24) is 5.32 Å². The minimum atomic E-state index is -1.39. The number of carbonyl (C=O) groups is 1. The second kappa shape index (κ2) is 14.4. The van der Waals surface area contributed by atoms with Crippen molar-refractivity contribution in [2.45, 2.75) is 30.9 Å². The minimum Gasteiger partial charge on any atom is -0.497 e. The molecule has 0 spiro atoms. The molecule has 0 unspecified atom stereocenters. The van der Waals surface area contributed by atoms with Crippen molar-refractivity contribution in [3.05, 3.63) is 100 Å². The minimum absolute atomic E-state index is 0.0535. The number of halogens is 2. The van der Waals surface area contributed by atoms with E-state index >= 15 is 0 Å². The first kappa shape index (κ1) is 31.2. The highest BCUT2D eigenvalue weighted by Crippen LogP contribution is 2.45. The number of hydrogen-bond donors (Lipinski definition) is 2. The van der Waals surface area contributed by atoms with Gasteiger partial charge in [0.1, 0.15) is 17.2 Å². The molecule has 2 N–H and O–H groups in total. The lowest BCUT2D eigenvalue weighted by molar-refractivity contribution is -0.128. The molecule has 0 aromatic heterocycles. The standard InChI is InChI=1S/C32H34Cl2N2O6/c1-4-15-32(31(38)35-16-14-22-19-25(39-2)11-13-28(22)40-3)29(26-12-8-23(33)20-27(26)34)42-30(36-32)21-6-9-24(10-7-21)41-18-5-17-37/h4,6-13,19-20,29,37H,1,5,14-18H2,2-3H3,(H,35,38)/t29-,32-/m1/s1. The molecule has 0 aliphatic carbocycles. The summed E-state index contributed by atoms with van der Waals surface area (Å²) in [4.78, 5) is 18.9. The molecule has 1 amide bonds. The number of rotatable bonds is 14. The molecule has 2 atom stereocenters. The van der Waals surface area contributed by atoms with E-state index < -0.39 is 11.6 Å². The van der Waals surface area contributed by atoms with Gasteiger partial charge in [-0.2, -0.15) is 0 Å². The molecule has 8 nitrogen and oxygen atoms in total. The van der Waals surface area contributed by atoms with Gasteiger partial charge in [-0.05, 0) is 66.6 Å². The van der Waals surface area contributed by atoms with Gasteiger partial charge >= 0.3 is 0 Å². The zero-order valence-corrected chi connectivity index (χ0v) is 25.1. The molecule has 0 saturated carbocycles. The molecule has 1 aliphatic rings. The van der Waals surface area contributed by atoms with Crippen molar-refractivity contribution in [3.63, 3.8) is 0 Å². The fourth-order valence-corrected chi connectivity index (χ4v) is 5.27. The third kappa shape index (κ3) is 7.01. The Morgan fingerprint density at radius 2 is 1.86 bits per heavy atom. The van der Waals surface area contributed by atoms with Crippen LogP contribution in [0.25, 0.3) is 0 Å². The summed E-state index contributed by atoms with van der Waals surface area (Å²) in [6, 6.07) is 17.8. The SMILES string of the molecule is C=CC[C@@]1(C(=O)NCCc2cc(OC)ccc2OC)N=C(c2ccc(OCCCO)cc2)O[C@@H]1c1ccc(Cl)cc1Cl. The lowest BCUT2D eigenvalue weighted by Crippen LogP contribution is -2.48. The summed E-state index contributed by atoms with van der Waals surface area (Å²) in [5, 5.41) is 12.9. The Morgan fingerprint density at radius 1 is 1.10 bits per heavy atom. The lowest BCUT2D eigenvalue weighted by atomic mass is 9.84. The van der Waals surface area contributed by atoms with E-state index in [0.717, 1.165) is 5.56 Å². The van der Waals surface area contributed by atoms with Crippen LogP contribution in [-0.4, -0.2) is 56.4 Å². The van der Waals surface area contributed by atoms with Crippen LogP contribution >= 0.6 is 23.2 Å². The second-order valence-corrected chi connectivity index (χ2v) is 10.5. The van der Waals surface area contributed by atoms with Gasteiger partial charge in [-0.25, -0.2) is 4.99 Å². The fraction of sp³-hybridized carbons (Fsp3) is 0.312. The number of aliphatic hydroxyl groups excluding tert-OH is 1. The van der Waals surface area contributed by atoms with Gasteiger partial charge in [-0.3, -0.25) is 4.79 Å². The van der Waals surface area contributed by atoms with Gasteiger partial charge in [0.15, 0.2) is 11.6 Å². The number of amides is 1. The number of benzene rings is 3. The molecule has 1 heterocycles. The van der Waals surface area contributed by atoms with Crippen molar-refractivity contribution < 1.29 is 28.8 Å². The average Bonchev–Trinajstić information content (AvgIpc) is 3.38. The first-order valence-electron chi connectivity index (χ1n) is 13.5. The molecule has 42 heavy (non-hydrogen) atoms. The molecule has 0 radical (unpaired) electrons. The number of carbonyl (C=O) groups excluding carboxylic acids is 1. The van der Waals surface area contributed by atoms with Gasteiger partial charge in [0.05, 0.1) is 20.8 Å². The van der Waals surface area contributed by atoms with Crippen LogP contribution in [0.15, 0.2) is 78.3 Å². The van der Waals surface area contributed by atoms with Crippen LogP contribution in [0.5, 0.6) is 17.2 Å². The number of nitrogens with one attached hydrogen (secondary N) is 1.